The lowest BCUT2D eigenvalue weighted by atomic mass is 9.83. The van der Waals surface area contributed by atoms with Gasteiger partial charge in [0.05, 0.1) is 0 Å². The summed E-state index contributed by atoms with van der Waals surface area (Å²) in [7, 11) is 0. The van der Waals surface area contributed by atoms with Crippen LogP contribution < -0.4 is 5.32 Å². The van der Waals surface area contributed by atoms with Gasteiger partial charge in [-0.2, -0.15) is 0 Å². The predicted octanol–water partition coefficient (Wildman–Crippen LogP) is 5.01. The van der Waals surface area contributed by atoms with Crippen LogP contribution in [0.2, 0.25) is 0 Å². The molecule has 20 heavy (non-hydrogen) atoms. The number of hydrogen-bond acceptors (Lipinski definition) is 1. The zero-order valence-electron chi connectivity index (χ0n) is 12.9. The zero-order valence-corrected chi connectivity index (χ0v) is 12.9. The van der Waals surface area contributed by atoms with Gasteiger partial charge in [-0.15, -0.1) is 0 Å². The van der Waals surface area contributed by atoms with E-state index in [9.17, 15) is 0 Å². The van der Waals surface area contributed by atoms with E-state index in [4.69, 9.17) is 0 Å². The van der Waals surface area contributed by atoms with Crippen molar-refractivity contribution in [2.24, 2.45) is 5.92 Å². The Hall–Kier alpha value is -0.820. The van der Waals surface area contributed by atoms with Gasteiger partial charge in [0.2, 0.25) is 0 Å². The van der Waals surface area contributed by atoms with Crippen molar-refractivity contribution in [2.75, 3.05) is 0 Å². The van der Waals surface area contributed by atoms with Gasteiger partial charge in [0, 0.05) is 12.6 Å². The Morgan fingerprint density at radius 1 is 1.10 bits per heavy atom. The summed E-state index contributed by atoms with van der Waals surface area (Å²) in [5.74, 6) is 1.79. The number of hydrogen-bond donors (Lipinski definition) is 1. The maximum Gasteiger partial charge on any atom is 0.0208 e. The molecule has 1 aromatic rings. The van der Waals surface area contributed by atoms with E-state index in [1.165, 1.54) is 56.9 Å². The van der Waals surface area contributed by atoms with Gasteiger partial charge in [-0.3, -0.25) is 0 Å². The summed E-state index contributed by atoms with van der Waals surface area (Å²) in [6, 6.07) is 9.98. The third-order valence-electron chi connectivity index (χ3n) is 5.23. The molecule has 1 unspecified atom stereocenters. The van der Waals surface area contributed by atoms with Crippen molar-refractivity contribution in [1.29, 1.82) is 0 Å². The van der Waals surface area contributed by atoms with Gasteiger partial charge in [-0.25, -0.2) is 0 Å². The van der Waals surface area contributed by atoms with Gasteiger partial charge in [0.25, 0.3) is 0 Å². The summed E-state index contributed by atoms with van der Waals surface area (Å²) in [6.45, 7) is 3.39. The van der Waals surface area contributed by atoms with E-state index in [2.05, 4.69) is 36.5 Å². The van der Waals surface area contributed by atoms with E-state index >= 15 is 0 Å². The summed E-state index contributed by atoms with van der Waals surface area (Å²) < 4.78 is 0. The fraction of sp³-hybridized carbons (Fsp3) is 0.684. The minimum absolute atomic E-state index is 0.722. The Kier molecular flexibility index (Phi) is 4.77. The molecule has 2 fully saturated rings. The maximum atomic E-state index is 3.84. The summed E-state index contributed by atoms with van der Waals surface area (Å²) in [6.07, 6.45) is 11.3. The van der Waals surface area contributed by atoms with Crippen LogP contribution in [-0.4, -0.2) is 6.04 Å². The van der Waals surface area contributed by atoms with Crippen molar-refractivity contribution >= 4 is 0 Å². The Bertz CT molecular complexity index is 416. The molecule has 2 aliphatic rings. The molecule has 2 aliphatic carbocycles. The molecule has 1 atom stereocenters. The number of nitrogens with one attached hydrogen (secondary N) is 1. The highest BCUT2D eigenvalue weighted by Crippen LogP contribution is 2.40. The van der Waals surface area contributed by atoms with Crippen LogP contribution in [0.3, 0.4) is 0 Å². The van der Waals surface area contributed by atoms with E-state index in [1.54, 1.807) is 5.56 Å². The minimum atomic E-state index is 0.722. The van der Waals surface area contributed by atoms with E-state index in [1.807, 2.05) is 0 Å². The van der Waals surface area contributed by atoms with Crippen LogP contribution >= 0.6 is 0 Å². The first-order chi connectivity index (χ1) is 9.86. The molecule has 1 aromatic carbocycles. The number of rotatable bonds is 6. The smallest absolute Gasteiger partial charge is 0.0208 e. The lowest BCUT2D eigenvalue weighted by molar-refractivity contribution is 0.261. The third-order valence-corrected chi connectivity index (χ3v) is 5.23. The van der Waals surface area contributed by atoms with Crippen molar-refractivity contribution in [3.63, 3.8) is 0 Å². The Labute approximate surface area is 124 Å². The normalized spacial score (nSPS) is 21.9. The first-order valence-corrected chi connectivity index (χ1v) is 8.69. The largest absolute Gasteiger partial charge is 0.310 e. The standard InChI is InChI=1S/C19H29N/c1-2-19(17-8-4-3-5-9-17)20-14-15-7-6-10-18(13-15)16-11-12-16/h6-7,10,13,16-17,19-20H,2-5,8-9,11-12,14H2,1H3. The molecule has 110 valence electrons. The Balaban J connectivity index is 1.55. The van der Waals surface area contributed by atoms with Gasteiger partial charge in [-0.05, 0) is 55.1 Å². The molecule has 1 heteroatoms. The predicted molar refractivity (Wildman–Crippen MR) is 85.9 cm³/mol. The highest BCUT2D eigenvalue weighted by Gasteiger charge is 2.24. The minimum Gasteiger partial charge on any atom is -0.310 e. The van der Waals surface area contributed by atoms with E-state index in [0.29, 0.717) is 0 Å². The number of benzene rings is 1. The molecular weight excluding hydrogens is 242 g/mol. The van der Waals surface area contributed by atoms with Gasteiger partial charge in [0.15, 0.2) is 0 Å². The Morgan fingerprint density at radius 2 is 1.90 bits per heavy atom. The summed E-state index contributed by atoms with van der Waals surface area (Å²) in [5, 5.41) is 3.84. The van der Waals surface area contributed by atoms with Crippen LogP contribution in [0.15, 0.2) is 24.3 Å². The lowest BCUT2D eigenvalue weighted by Crippen LogP contribution is -2.36. The first kappa shape index (κ1) is 14.1. The van der Waals surface area contributed by atoms with Gasteiger partial charge < -0.3 is 5.32 Å². The second-order valence-corrected chi connectivity index (χ2v) is 6.81. The van der Waals surface area contributed by atoms with E-state index in [-0.39, 0.29) is 0 Å². The summed E-state index contributed by atoms with van der Waals surface area (Å²) >= 11 is 0. The molecule has 0 aromatic heterocycles. The molecule has 0 aliphatic heterocycles. The fourth-order valence-corrected chi connectivity index (χ4v) is 3.80. The lowest BCUT2D eigenvalue weighted by Gasteiger charge is -2.30. The quantitative estimate of drug-likeness (QED) is 0.766. The van der Waals surface area contributed by atoms with Crippen molar-refractivity contribution in [1.82, 2.24) is 5.32 Å². The third kappa shape index (κ3) is 3.63. The fourth-order valence-electron chi connectivity index (χ4n) is 3.80. The first-order valence-electron chi connectivity index (χ1n) is 8.69. The van der Waals surface area contributed by atoms with Crippen LogP contribution in [0, 0.1) is 5.92 Å². The maximum absolute atomic E-state index is 3.84. The van der Waals surface area contributed by atoms with Crippen molar-refractivity contribution < 1.29 is 0 Å². The molecule has 0 spiro atoms. The molecule has 0 heterocycles. The van der Waals surface area contributed by atoms with Crippen LogP contribution in [0.1, 0.15) is 75.3 Å². The van der Waals surface area contributed by atoms with Crippen molar-refractivity contribution in [3.05, 3.63) is 35.4 Å². The summed E-state index contributed by atoms with van der Waals surface area (Å²) in [4.78, 5) is 0. The van der Waals surface area contributed by atoms with Crippen molar-refractivity contribution in [2.45, 2.75) is 76.8 Å². The SMILES string of the molecule is CCC(NCc1cccc(C2CC2)c1)C1CCCCC1. The van der Waals surface area contributed by atoms with Crippen LogP contribution in [0.25, 0.3) is 0 Å². The topological polar surface area (TPSA) is 12.0 Å². The highest BCUT2D eigenvalue weighted by atomic mass is 14.9. The molecule has 3 rings (SSSR count). The average Bonchev–Trinajstić information content (AvgIpc) is 3.34. The van der Waals surface area contributed by atoms with Crippen molar-refractivity contribution in [3.8, 4) is 0 Å². The van der Waals surface area contributed by atoms with Crippen LogP contribution in [0.5, 0.6) is 0 Å². The van der Waals surface area contributed by atoms with Crippen LogP contribution in [0.4, 0.5) is 0 Å². The van der Waals surface area contributed by atoms with Gasteiger partial charge >= 0.3 is 0 Å². The molecule has 0 bridgehead atoms. The molecule has 2 saturated carbocycles. The molecule has 0 amide bonds. The van der Waals surface area contributed by atoms with Gasteiger partial charge in [-0.1, -0.05) is 50.5 Å². The molecule has 0 saturated heterocycles. The molecule has 1 nitrogen and oxygen atoms in total. The van der Waals surface area contributed by atoms with Gasteiger partial charge in [0.1, 0.15) is 0 Å². The monoisotopic (exact) mass is 271 g/mol. The van der Waals surface area contributed by atoms with Crippen LogP contribution in [-0.2, 0) is 6.54 Å². The summed E-state index contributed by atoms with van der Waals surface area (Å²) in [5.41, 5.74) is 3.04. The van der Waals surface area contributed by atoms with E-state index in [0.717, 1.165) is 24.4 Å². The average molecular weight is 271 g/mol. The second kappa shape index (κ2) is 6.76. The molecule has 0 radical (unpaired) electrons. The highest BCUT2D eigenvalue weighted by molar-refractivity contribution is 5.29. The second-order valence-electron chi connectivity index (χ2n) is 6.81. The zero-order chi connectivity index (χ0) is 13.8. The molecular formula is C19H29N. The Morgan fingerprint density at radius 3 is 2.60 bits per heavy atom. The van der Waals surface area contributed by atoms with E-state index < -0.39 is 0 Å². The molecule has 1 N–H and O–H groups in total.